The van der Waals surface area contributed by atoms with E-state index in [0.717, 1.165) is 23.3 Å². The number of anilines is 1. The number of alkyl halides is 1. The number of nitrogens with zero attached hydrogens (tertiary/aromatic N) is 4. The van der Waals surface area contributed by atoms with Gasteiger partial charge in [-0.2, -0.15) is 4.98 Å². The minimum absolute atomic E-state index is 0.0731. The zero-order chi connectivity index (χ0) is 22.1. The number of carbonyl (C=O) groups excluding carboxylic acids is 1. The molecule has 2 aromatic rings. The lowest BCUT2D eigenvalue weighted by Gasteiger charge is -2.36. The molecule has 4 rings (SSSR count). The van der Waals surface area contributed by atoms with Crippen molar-refractivity contribution in [3.05, 3.63) is 47.8 Å². The second-order valence-corrected chi connectivity index (χ2v) is 8.86. The fraction of sp³-hybridized carbons (Fsp3) is 0.450. The summed E-state index contributed by atoms with van der Waals surface area (Å²) in [7, 11) is 0. The van der Waals surface area contributed by atoms with E-state index in [1.807, 2.05) is 0 Å². The molecule has 0 bridgehead atoms. The van der Waals surface area contributed by atoms with Crippen molar-refractivity contribution >= 4 is 22.9 Å². The molecule has 2 saturated heterocycles. The maximum Gasteiger partial charge on any atom is 0.252 e. The summed E-state index contributed by atoms with van der Waals surface area (Å²) in [6.07, 6.45) is 1.84. The number of carbonyl (C=O) groups is 1. The van der Waals surface area contributed by atoms with E-state index in [9.17, 15) is 18.1 Å². The summed E-state index contributed by atoms with van der Waals surface area (Å²) < 4.78 is 53.9. The Hall–Kier alpha value is -2.37. The number of aromatic nitrogens is 2. The molecule has 1 aromatic carbocycles. The first-order chi connectivity index (χ1) is 14.8. The number of amides is 1. The van der Waals surface area contributed by atoms with Crippen LogP contribution in [0.4, 0.5) is 19.0 Å². The summed E-state index contributed by atoms with van der Waals surface area (Å²) in [5, 5.41) is 1.40. The lowest BCUT2D eigenvalue weighted by Crippen LogP contribution is -2.49. The van der Waals surface area contributed by atoms with Crippen LogP contribution in [0.1, 0.15) is 24.4 Å². The third-order valence-electron chi connectivity index (χ3n) is 5.50. The number of rotatable bonds is 4. The van der Waals surface area contributed by atoms with Gasteiger partial charge in [-0.25, -0.2) is 23.2 Å². The van der Waals surface area contributed by atoms with Crippen LogP contribution in [0.3, 0.4) is 0 Å². The SMILES string of the molecule is C[S@+]([O-])c1cc(N2CC[C@H](C(=O)N3OCC[C@H]3c3cc(F)cc(F)c3)[C@H](F)C2)ncn1. The summed E-state index contributed by atoms with van der Waals surface area (Å²) in [6.45, 7) is 0.481. The van der Waals surface area contributed by atoms with E-state index in [0.29, 0.717) is 23.8 Å². The highest BCUT2D eigenvalue weighted by atomic mass is 32.2. The summed E-state index contributed by atoms with van der Waals surface area (Å²) in [4.78, 5) is 28.2. The second-order valence-electron chi connectivity index (χ2n) is 7.53. The molecule has 0 unspecified atom stereocenters. The Bertz CT molecular complexity index is 947. The van der Waals surface area contributed by atoms with Crippen molar-refractivity contribution in [2.45, 2.75) is 30.1 Å². The number of benzene rings is 1. The molecule has 0 N–H and O–H groups in total. The van der Waals surface area contributed by atoms with E-state index in [4.69, 9.17) is 4.84 Å². The Kier molecular flexibility index (Phi) is 6.35. The standard InChI is InChI=1S/C20H21F3N4O3S/c1-31(29)19-9-18(24-11-25-19)26-4-2-15(16(23)10-26)20(28)27-17(3-5-30-27)12-6-13(21)8-14(22)7-12/h6-9,11,15-17H,2-5,10H2,1H3/t15-,16+,17-,31-/m0/s1. The quantitative estimate of drug-likeness (QED) is 0.522. The lowest BCUT2D eigenvalue weighted by molar-refractivity contribution is -0.184. The van der Waals surface area contributed by atoms with Crippen molar-refractivity contribution in [1.29, 1.82) is 0 Å². The molecule has 1 aromatic heterocycles. The highest BCUT2D eigenvalue weighted by molar-refractivity contribution is 7.90. The van der Waals surface area contributed by atoms with E-state index >= 15 is 4.39 Å². The molecular weight excluding hydrogens is 433 g/mol. The summed E-state index contributed by atoms with van der Waals surface area (Å²) in [6, 6.07) is 3.94. The van der Waals surface area contributed by atoms with Gasteiger partial charge in [-0.3, -0.25) is 9.63 Å². The number of piperidine rings is 1. The van der Waals surface area contributed by atoms with Gasteiger partial charge in [0.1, 0.15) is 36.2 Å². The van der Waals surface area contributed by atoms with Gasteiger partial charge in [0.05, 0.1) is 31.2 Å². The smallest absolute Gasteiger partial charge is 0.252 e. The molecule has 166 valence electrons. The van der Waals surface area contributed by atoms with Gasteiger partial charge in [-0.1, -0.05) is 0 Å². The van der Waals surface area contributed by atoms with Crippen LogP contribution in [0.15, 0.2) is 35.6 Å². The molecule has 3 heterocycles. The van der Waals surface area contributed by atoms with Crippen molar-refractivity contribution < 1.29 is 27.4 Å². The molecule has 2 aliphatic rings. The number of hydrogen-bond acceptors (Lipinski definition) is 6. The van der Waals surface area contributed by atoms with Gasteiger partial charge < -0.3 is 9.45 Å². The van der Waals surface area contributed by atoms with Crippen LogP contribution in [-0.2, 0) is 20.8 Å². The number of hydrogen-bond donors (Lipinski definition) is 0. The van der Waals surface area contributed by atoms with E-state index < -0.39 is 46.8 Å². The van der Waals surface area contributed by atoms with Gasteiger partial charge in [0, 0.05) is 30.2 Å². The third-order valence-corrected chi connectivity index (χ3v) is 6.31. The molecule has 1 amide bonds. The molecule has 31 heavy (non-hydrogen) atoms. The highest BCUT2D eigenvalue weighted by Gasteiger charge is 2.42. The van der Waals surface area contributed by atoms with Crippen molar-refractivity contribution in [2.24, 2.45) is 5.92 Å². The van der Waals surface area contributed by atoms with Crippen LogP contribution >= 0.6 is 0 Å². The maximum absolute atomic E-state index is 15.0. The van der Waals surface area contributed by atoms with Gasteiger partial charge in [0.2, 0.25) is 5.03 Å². The monoisotopic (exact) mass is 454 g/mol. The Morgan fingerprint density at radius 1 is 1.19 bits per heavy atom. The summed E-state index contributed by atoms with van der Waals surface area (Å²) in [5.74, 6) is -2.54. The first kappa shape index (κ1) is 21.8. The van der Waals surface area contributed by atoms with Gasteiger partial charge in [-0.15, -0.1) is 0 Å². The lowest BCUT2D eigenvalue weighted by atomic mass is 9.93. The second kappa shape index (κ2) is 9.01. The van der Waals surface area contributed by atoms with Crippen molar-refractivity contribution in [3.8, 4) is 0 Å². The molecule has 11 heteroatoms. The maximum atomic E-state index is 15.0. The largest absolute Gasteiger partial charge is 0.610 e. The summed E-state index contributed by atoms with van der Waals surface area (Å²) >= 11 is -1.30. The predicted molar refractivity (Wildman–Crippen MR) is 106 cm³/mol. The van der Waals surface area contributed by atoms with E-state index in [1.54, 1.807) is 11.0 Å². The number of halogens is 3. The van der Waals surface area contributed by atoms with Gasteiger partial charge >= 0.3 is 0 Å². The van der Waals surface area contributed by atoms with Crippen LogP contribution in [0.25, 0.3) is 0 Å². The van der Waals surface area contributed by atoms with Crippen LogP contribution in [0.5, 0.6) is 0 Å². The third kappa shape index (κ3) is 4.63. The molecule has 2 fully saturated rings. The molecule has 0 saturated carbocycles. The number of hydroxylamine groups is 2. The Morgan fingerprint density at radius 3 is 2.61 bits per heavy atom. The molecule has 7 nitrogen and oxygen atoms in total. The van der Waals surface area contributed by atoms with E-state index in [1.165, 1.54) is 12.6 Å². The van der Waals surface area contributed by atoms with Crippen LogP contribution < -0.4 is 4.90 Å². The Morgan fingerprint density at radius 2 is 1.94 bits per heavy atom. The minimum Gasteiger partial charge on any atom is -0.610 e. The topological polar surface area (TPSA) is 81.6 Å². The Labute approximate surface area is 180 Å². The zero-order valence-corrected chi connectivity index (χ0v) is 17.5. The van der Waals surface area contributed by atoms with Crippen molar-refractivity contribution in [2.75, 3.05) is 30.9 Å². The summed E-state index contributed by atoms with van der Waals surface area (Å²) in [5.41, 5.74) is 0.275. The first-order valence-corrected chi connectivity index (χ1v) is 11.4. The minimum atomic E-state index is -1.50. The fourth-order valence-corrected chi connectivity index (χ4v) is 4.44. The van der Waals surface area contributed by atoms with E-state index in [2.05, 4.69) is 9.97 Å². The molecular formula is C20H21F3N4O3S. The zero-order valence-electron chi connectivity index (χ0n) is 16.7. The van der Waals surface area contributed by atoms with Crippen LogP contribution in [0, 0.1) is 17.6 Å². The molecule has 0 aliphatic carbocycles. The molecule has 0 spiro atoms. The molecule has 0 radical (unpaired) electrons. The van der Waals surface area contributed by atoms with Gasteiger partial charge in [-0.05, 0) is 24.1 Å². The highest BCUT2D eigenvalue weighted by Crippen LogP contribution is 2.35. The van der Waals surface area contributed by atoms with Crippen LogP contribution in [-0.4, -0.2) is 57.6 Å². The molecule has 4 atom stereocenters. The van der Waals surface area contributed by atoms with Crippen molar-refractivity contribution in [3.63, 3.8) is 0 Å². The average molecular weight is 454 g/mol. The van der Waals surface area contributed by atoms with E-state index in [-0.39, 0.29) is 25.1 Å². The fourth-order valence-electron chi connectivity index (χ4n) is 3.97. The average Bonchev–Trinajstić information content (AvgIpc) is 3.22. The molecule has 2 aliphatic heterocycles. The Balaban J connectivity index is 1.47. The van der Waals surface area contributed by atoms with Gasteiger partial charge in [0.25, 0.3) is 5.91 Å². The van der Waals surface area contributed by atoms with Crippen LogP contribution in [0.2, 0.25) is 0 Å². The van der Waals surface area contributed by atoms with Crippen molar-refractivity contribution in [1.82, 2.24) is 15.0 Å². The first-order valence-electron chi connectivity index (χ1n) is 9.80. The predicted octanol–water partition coefficient (Wildman–Crippen LogP) is 2.56. The normalized spacial score (nSPS) is 25.0. The van der Waals surface area contributed by atoms with Gasteiger partial charge in [0.15, 0.2) is 0 Å².